The van der Waals surface area contributed by atoms with E-state index in [1.165, 1.54) is 24.0 Å². The van der Waals surface area contributed by atoms with Crippen molar-refractivity contribution in [3.05, 3.63) is 35.4 Å². The summed E-state index contributed by atoms with van der Waals surface area (Å²) in [5.74, 6) is 0.214. The molecule has 96 valence electrons. The summed E-state index contributed by atoms with van der Waals surface area (Å²) in [6.45, 7) is 0. The molecule has 2 aliphatic rings. The van der Waals surface area contributed by atoms with Gasteiger partial charge in [-0.1, -0.05) is 37.1 Å². The van der Waals surface area contributed by atoms with Gasteiger partial charge in [0.05, 0.1) is 5.92 Å². The number of hydrogen-bond acceptors (Lipinski definition) is 2. The van der Waals surface area contributed by atoms with Crippen molar-refractivity contribution in [2.75, 3.05) is 0 Å². The van der Waals surface area contributed by atoms with Crippen molar-refractivity contribution in [2.24, 2.45) is 5.73 Å². The molecule has 1 unspecified atom stereocenters. The third-order valence-electron chi connectivity index (χ3n) is 4.32. The number of hydrogen-bond donors (Lipinski definition) is 2. The molecule has 3 nitrogen and oxygen atoms in total. The van der Waals surface area contributed by atoms with Gasteiger partial charge < -0.3 is 11.1 Å². The van der Waals surface area contributed by atoms with Crippen LogP contribution in [-0.2, 0) is 11.2 Å². The van der Waals surface area contributed by atoms with E-state index in [0.29, 0.717) is 0 Å². The van der Waals surface area contributed by atoms with Crippen LogP contribution in [0.5, 0.6) is 0 Å². The second kappa shape index (κ2) is 4.73. The number of amides is 1. The van der Waals surface area contributed by atoms with Gasteiger partial charge in [-0.3, -0.25) is 4.79 Å². The van der Waals surface area contributed by atoms with Crippen molar-refractivity contribution in [1.82, 2.24) is 5.32 Å². The highest BCUT2D eigenvalue weighted by Crippen LogP contribution is 2.35. The lowest BCUT2D eigenvalue weighted by atomic mass is 9.76. The maximum Gasteiger partial charge on any atom is 0.228 e. The Labute approximate surface area is 108 Å². The molecule has 3 N–H and O–H groups in total. The topological polar surface area (TPSA) is 55.1 Å². The third-order valence-corrected chi connectivity index (χ3v) is 4.32. The van der Waals surface area contributed by atoms with Crippen LogP contribution >= 0.6 is 0 Å². The van der Waals surface area contributed by atoms with Gasteiger partial charge in [-0.2, -0.15) is 0 Å². The van der Waals surface area contributed by atoms with E-state index in [1.807, 2.05) is 12.1 Å². The Morgan fingerprint density at radius 2 is 2.00 bits per heavy atom. The number of carbonyl (C=O) groups excluding carboxylic acids is 1. The molecule has 3 atom stereocenters. The lowest BCUT2D eigenvalue weighted by molar-refractivity contribution is -0.124. The van der Waals surface area contributed by atoms with Crippen LogP contribution in [0.1, 0.15) is 42.7 Å². The Kier molecular flexibility index (Phi) is 3.08. The molecule has 1 fully saturated rings. The molecule has 2 aliphatic carbocycles. The monoisotopic (exact) mass is 244 g/mol. The van der Waals surface area contributed by atoms with Crippen molar-refractivity contribution in [2.45, 2.75) is 50.1 Å². The predicted octanol–water partition coefficient (Wildman–Crippen LogP) is 1.71. The highest BCUT2D eigenvalue weighted by atomic mass is 16.2. The van der Waals surface area contributed by atoms with Crippen LogP contribution in [0.25, 0.3) is 0 Å². The number of benzene rings is 1. The molecule has 1 aromatic rings. The van der Waals surface area contributed by atoms with Crippen molar-refractivity contribution in [1.29, 1.82) is 0 Å². The summed E-state index contributed by atoms with van der Waals surface area (Å²) in [5.41, 5.74) is 8.57. The van der Waals surface area contributed by atoms with Gasteiger partial charge in [-0.05, 0) is 30.4 Å². The second-order valence-corrected chi connectivity index (χ2v) is 5.52. The van der Waals surface area contributed by atoms with Crippen LogP contribution in [-0.4, -0.2) is 18.0 Å². The van der Waals surface area contributed by atoms with E-state index < -0.39 is 0 Å². The summed E-state index contributed by atoms with van der Waals surface area (Å²) in [4.78, 5) is 12.2. The predicted molar refractivity (Wildman–Crippen MR) is 71.3 cm³/mol. The molecule has 0 spiro atoms. The normalized spacial score (nSPS) is 30.2. The maximum atomic E-state index is 12.2. The zero-order chi connectivity index (χ0) is 12.5. The first-order chi connectivity index (χ1) is 8.75. The van der Waals surface area contributed by atoms with Crippen molar-refractivity contribution < 1.29 is 4.79 Å². The van der Waals surface area contributed by atoms with Gasteiger partial charge in [0.1, 0.15) is 0 Å². The third kappa shape index (κ3) is 2.03. The molecule has 0 saturated heterocycles. The minimum absolute atomic E-state index is 0.0512. The highest BCUT2D eigenvalue weighted by molar-refractivity contribution is 5.87. The molecule has 0 aliphatic heterocycles. The van der Waals surface area contributed by atoms with Gasteiger partial charge in [0, 0.05) is 12.1 Å². The van der Waals surface area contributed by atoms with E-state index in [1.54, 1.807) is 0 Å². The van der Waals surface area contributed by atoms with Crippen LogP contribution < -0.4 is 11.1 Å². The molecule has 1 amide bonds. The van der Waals surface area contributed by atoms with Crippen molar-refractivity contribution in [3.8, 4) is 0 Å². The first kappa shape index (κ1) is 11.7. The summed E-state index contributed by atoms with van der Waals surface area (Å²) < 4.78 is 0. The molecule has 0 heterocycles. The molecule has 0 radical (unpaired) electrons. The number of carbonyl (C=O) groups is 1. The number of rotatable bonds is 2. The van der Waals surface area contributed by atoms with Gasteiger partial charge >= 0.3 is 0 Å². The molecule has 0 aromatic heterocycles. The Hall–Kier alpha value is -1.35. The summed E-state index contributed by atoms with van der Waals surface area (Å²) in [5, 5.41) is 3.15. The molecular formula is C15H20N2O. The highest BCUT2D eigenvalue weighted by Gasteiger charge is 2.33. The number of nitrogens with one attached hydrogen (secondary N) is 1. The minimum Gasteiger partial charge on any atom is -0.351 e. The Bertz CT molecular complexity index is 458. The van der Waals surface area contributed by atoms with E-state index in [9.17, 15) is 4.79 Å². The molecule has 0 bridgehead atoms. The molecular weight excluding hydrogens is 224 g/mol. The Balaban J connectivity index is 1.63. The lowest BCUT2D eigenvalue weighted by Gasteiger charge is -2.34. The smallest absolute Gasteiger partial charge is 0.228 e. The van der Waals surface area contributed by atoms with Gasteiger partial charge in [-0.15, -0.1) is 0 Å². The van der Waals surface area contributed by atoms with Crippen LogP contribution in [0, 0.1) is 0 Å². The van der Waals surface area contributed by atoms with Crippen LogP contribution in [0.4, 0.5) is 0 Å². The summed E-state index contributed by atoms with van der Waals surface area (Å²) in [7, 11) is 0. The zero-order valence-electron chi connectivity index (χ0n) is 10.6. The fourth-order valence-electron chi connectivity index (χ4n) is 3.11. The van der Waals surface area contributed by atoms with E-state index in [0.717, 1.165) is 19.3 Å². The molecule has 1 saturated carbocycles. The van der Waals surface area contributed by atoms with E-state index in [-0.39, 0.29) is 23.9 Å². The zero-order valence-corrected chi connectivity index (χ0v) is 10.6. The second-order valence-electron chi connectivity index (χ2n) is 5.52. The average Bonchev–Trinajstić information content (AvgIpc) is 2.34. The fraction of sp³-hybridized carbons (Fsp3) is 0.533. The fourth-order valence-corrected chi connectivity index (χ4v) is 3.11. The standard InChI is InChI=1S/C15H20N2O/c16-13-7-3-4-8-14(13)17-15(18)12-9-10-5-1-2-6-11(10)12/h1-2,5-6,12-14H,3-4,7-9,16H2,(H,17,18)/t12?,13-,14-/m1/s1. The quantitative estimate of drug-likeness (QED) is 0.832. The van der Waals surface area contributed by atoms with Crippen LogP contribution in [0.3, 0.4) is 0 Å². The SMILES string of the molecule is N[C@@H]1CCCC[C@H]1NC(=O)C1Cc2ccccc21. The van der Waals surface area contributed by atoms with Gasteiger partial charge in [0.25, 0.3) is 0 Å². The Morgan fingerprint density at radius 1 is 1.22 bits per heavy atom. The molecule has 18 heavy (non-hydrogen) atoms. The molecule has 1 aromatic carbocycles. The summed E-state index contributed by atoms with van der Waals surface area (Å²) >= 11 is 0. The summed E-state index contributed by atoms with van der Waals surface area (Å²) in [6, 6.07) is 8.52. The average molecular weight is 244 g/mol. The molecule has 3 rings (SSSR count). The van der Waals surface area contributed by atoms with Gasteiger partial charge in [-0.25, -0.2) is 0 Å². The van der Waals surface area contributed by atoms with Crippen molar-refractivity contribution >= 4 is 5.91 Å². The minimum atomic E-state index is 0.0512. The maximum absolute atomic E-state index is 12.2. The van der Waals surface area contributed by atoms with Gasteiger partial charge in [0.2, 0.25) is 5.91 Å². The van der Waals surface area contributed by atoms with E-state index >= 15 is 0 Å². The van der Waals surface area contributed by atoms with Crippen molar-refractivity contribution in [3.63, 3.8) is 0 Å². The Morgan fingerprint density at radius 3 is 2.78 bits per heavy atom. The van der Waals surface area contributed by atoms with Gasteiger partial charge in [0.15, 0.2) is 0 Å². The number of nitrogens with two attached hydrogens (primary N) is 1. The number of fused-ring (bicyclic) bond motifs is 1. The largest absolute Gasteiger partial charge is 0.351 e. The van der Waals surface area contributed by atoms with Crippen LogP contribution in [0.15, 0.2) is 24.3 Å². The first-order valence-electron chi connectivity index (χ1n) is 6.89. The lowest BCUT2D eigenvalue weighted by Crippen LogP contribution is -2.51. The van der Waals surface area contributed by atoms with E-state index in [4.69, 9.17) is 5.73 Å². The molecule has 3 heteroatoms. The first-order valence-corrected chi connectivity index (χ1v) is 6.89. The summed E-state index contributed by atoms with van der Waals surface area (Å²) in [6.07, 6.45) is 5.32. The van der Waals surface area contributed by atoms with Crippen LogP contribution in [0.2, 0.25) is 0 Å². The van der Waals surface area contributed by atoms with E-state index in [2.05, 4.69) is 17.4 Å².